The number of imide groups is 1. The van der Waals surface area contributed by atoms with Crippen molar-refractivity contribution in [2.75, 3.05) is 25.0 Å². The number of rotatable bonds is 7. The molecule has 1 aromatic carbocycles. The van der Waals surface area contributed by atoms with Gasteiger partial charge in [-0.2, -0.15) is 0 Å². The summed E-state index contributed by atoms with van der Waals surface area (Å²) in [6.07, 6.45) is 0.568. The first-order chi connectivity index (χ1) is 10.6. The van der Waals surface area contributed by atoms with E-state index in [0.29, 0.717) is 24.6 Å². The van der Waals surface area contributed by atoms with Gasteiger partial charge in [0.2, 0.25) is 17.7 Å². The average Bonchev–Trinajstić information content (AvgIpc) is 2.83. The first-order valence-electron chi connectivity index (χ1n) is 7.16. The minimum Gasteiger partial charge on any atom is -0.492 e. The third-order valence-corrected chi connectivity index (χ3v) is 3.24. The zero-order valence-corrected chi connectivity index (χ0v) is 12.2. The van der Waals surface area contributed by atoms with Crippen LogP contribution in [0.1, 0.15) is 19.3 Å². The van der Waals surface area contributed by atoms with Crippen molar-refractivity contribution < 1.29 is 19.1 Å². The second-order valence-electron chi connectivity index (χ2n) is 4.90. The van der Waals surface area contributed by atoms with Crippen molar-refractivity contribution in [2.45, 2.75) is 19.3 Å². The van der Waals surface area contributed by atoms with Gasteiger partial charge in [0.15, 0.2) is 0 Å². The highest BCUT2D eigenvalue weighted by Gasteiger charge is 2.28. The van der Waals surface area contributed by atoms with Gasteiger partial charge in [0.05, 0.1) is 0 Å². The highest BCUT2D eigenvalue weighted by atomic mass is 16.5. The SMILES string of the molecule is NCCOc1ccc(NC(=O)CCN2C(=O)CCC2=O)cc1. The van der Waals surface area contributed by atoms with E-state index in [9.17, 15) is 14.4 Å². The molecule has 1 fully saturated rings. The van der Waals surface area contributed by atoms with Crippen LogP contribution in [-0.4, -0.2) is 42.3 Å². The summed E-state index contributed by atoms with van der Waals surface area (Å²) in [4.78, 5) is 35.8. The van der Waals surface area contributed by atoms with E-state index in [0.717, 1.165) is 4.90 Å². The molecule has 0 unspecified atom stereocenters. The molecular weight excluding hydrogens is 286 g/mol. The average molecular weight is 305 g/mol. The summed E-state index contributed by atoms with van der Waals surface area (Å²) in [5.41, 5.74) is 5.97. The number of hydrogen-bond donors (Lipinski definition) is 2. The van der Waals surface area contributed by atoms with E-state index in [2.05, 4.69) is 5.32 Å². The van der Waals surface area contributed by atoms with Crippen molar-refractivity contribution in [1.29, 1.82) is 0 Å². The molecule has 7 nitrogen and oxygen atoms in total. The third kappa shape index (κ3) is 4.29. The molecule has 2 rings (SSSR count). The summed E-state index contributed by atoms with van der Waals surface area (Å²) in [7, 11) is 0. The van der Waals surface area contributed by atoms with Gasteiger partial charge in [0.25, 0.3) is 0 Å². The summed E-state index contributed by atoms with van der Waals surface area (Å²) in [6.45, 7) is 0.997. The first-order valence-corrected chi connectivity index (χ1v) is 7.16. The van der Waals surface area contributed by atoms with Crippen LogP contribution < -0.4 is 15.8 Å². The van der Waals surface area contributed by atoms with Crippen LogP contribution in [0.3, 0.4) is 0 Å². The molecule has 1 aromatic rings. The van der Waals surface area contributed by atoms with Gasteiger partial charge in [-0.15, -0.1) is 0 Å². The highest BCUT2D eigenvalue weighted by molar-refractivity contribution is 6.02. The molecule has 1 saturated heterocycles. The number of nitrogens with two attached hydrogens (primary N) is 1. The van der Waals surface area contributed by atoms with Crippen LogP contribution in [0.2, 0.25) is 0 Å². The summed E-state index contributed by atoms with van der Waals surface area (Å²) in [5.74, 6) is 0.0123. The topological polar surface area (TPSA) is 102 Å². The van der Waals surface area contributed by atoms with Crippen molar-refractivity contribution in [3.63, 3.8) is 0 Å². The Hall–Kier alpha value is -2.41. The largest absolute Gasteiger partial charge is 0.492 e. The Morgan fingerprint density at radius 1 is 1.18 bits per heavy atom. The van der Waals surface area contributed by atoms with Crippen LogP contribution in [0.4, 0.5) is 5.69 Å². The Kier molecular flexibility index (Phi) is 5.48. The predicted molar refractivity (Wildman–Crippen MR) is 80.2 cm³/mol. The van der Waals surface area contributed by atoms with Crippen LogP contribution in [0.15, 0.2) is 24.3 Å². The monoisotopic (exact) mass is 305 g/mol. The smallest absolute Gasteiger partial charge is 0.229 e. The molecule has 0 spiro atoms. The summed E-state index contributed by atoms with van der Waals surface area (Å²) >= 11 is 0. The lowest BCUT2D eigenvalue weighted by Crippen LogP contribution is -2.32. The van der Waals surface area contributed by atoms with Crippen molar-refractivity contribution in [3.8, 4) is 5.75 Å². The molecule has 3 N–H and O–H groups in total. The zero-order valence-electron chi connectivity index (χ0n) is 12.2. The summed E-state index contributed by atoms with van der Waals surface area (Å²) < 4.78 is 5.33. The van der Waals surface area contributed by atoms with E-state index in [1.165, 1.54) is 0 Å². The molecule has 0 saturated carbocycles. The Balaban J connectivity index is 1.79. The van der Waals surface area contributed by atoms with Gasteiger partial charge in [-0.3, -0.25) is 19.3 Å². The van der Waals surface area contributed by atoms with E-state index < -0.39 is 0 Å². The number of nitrogens with one attached hydrogen (secondary N) is 1. The van der Waals surface area contributed by atoms with Crippen molar-refractivity contribution in [2.24, 2.45) is 5.73 Å². The van der Waals surface area contributed by atoms with Gasteiger partial charge in [-0.05, 0) is 24.3 Å². The van der Waals surface area contributed by atoms with Crippen LogP contribution in [0.5, 0.6) is 5.75 Å². The normalized spacial score (nSPS) is 14.3. The molecule has 0 aliphatic carbocycles. The number of anilines is 1. The van der Waals surface area contributed by atoms with Crippen molar-refractivity contribution in [1.82, 2.24) is 4.90 Å². The van der Waals surface area contributed by atoms with E-state index in [4.69, 9.17) is 10.5 Å². The van der Waals surface area contributed by atoms with E-state index in [1.807, 2.05) is 0 Å². The molecule has 0 atom stereocenters. The number of hydrogen-bond acceptors (Lipinski definition) is 5. The number of amides is 3. The number of carbonyl (C=O) groups is 3. The molecule has 1 heterocycles. The fourth-order valence-electron chi connectivity index (χ4n) is 2.12. The number of nitrogens with zero attached hydrogens (tertiary/aromatic N) is 1. The summed E-state index contributed by atoms with van der Waals surface area (Å²) in [6, 6.07) is 6.91. The molecule has 0 aromatic heterocycles. The molecule has 22 heavy (non-hydrogen) atoms. The van der Waals surface area contributed by atoms with Crippen LogP contribution in [0.25, 0.3) is 0 Å². The summed E-state index contributed by atoms with van der Waals surface area (Å²) in [5, 5.41) is 2.71. The minimum absolute atomic E-state index is 0.0862. The van der Waals surface area contributed by atoms with E-state index in [1.54, 1.807) is 24.3 Å². The van der Waals surface area contributed by atoms with Gasteiger partial charge >= 0.3 is 0 Å². The molecular formula is C15H19N3O4. The zero-order chi connectivity index (χ0) is 15.9. The molecule has 7 heteroatoms. The Morgan fingerprint density at radius 2 is 1.82 bits per heavy atom. The standard InChI is InChI=1S/C15H19N3O4/c16-8-10-22-12-3-1-11(2-4-12)17-13(19)7-9-18-14(20)5-6-15(18)21/h1-4H,5-10,16H2,(H,17,19). The van der Waals surface area contributed by atoms with Crippen molar-refractivity contribution >= 4 is 23.4 Å². The maximum Gasteiger partial charge on any atom is 0.229 e. The molecule has 0 radical (unpaired) electrons. The Labute approximate surface area is 128 Å². The van der Waals surface area contributed by atoms with Gasteiger partial charge < -0.3 is 15.8 Å². The van der Waals surface area contributed by atoms with Gasteiger partial charge in [0, 0.05) is 38.0 Å². The number of ether oxygens (including phenoxy) is 1. The van der Waals surface area contributed by atoms with Gasteiger partial charge in [-0.1, -0.05) is 0 Å². The van der Waals surface area contributed by atoms with Crippen LogP contribution >= 0.6 is 0 Å². The fourth-order valence-corrected chi connectivity index (χ4v) is 2.12. The fraction of sp³-hybridized carbons (Fsp3) is 0.400. The highest BCUT2D eigenvalue weighted by Crippen LogP contribution is 2.16. The van der Waals surface area contributed by atoms with E-state index in [-0.39, 0.29) is 43.5 Å². The van der Waals surface area contributed by atoms with Gasteiger partial charge in [0.1, 0.15) is 12.4 Å². The predicted octanol–water partition coefficient (Wildman–Crippen LogP) is 0.502. The lowest BCUT2D eigenvalue weighted by atomic mass is 10.3. The molecule has 118 valence electrons. The van der Waals surface area contributed by atoms with E-state index >= 15 is 0 Å². The van der Waals surface area contributed by atoms with Gasteiger partial charge in [-0.25, -0.2) is 0 Å². The lowest BCUT2D eigenvalue weighted by molar-refractivity contribution is -0.138. The van der Waals surface area contributed by atoms with Crippen LogP contribution in [-0.2, 0) is 14.4 Å². The first kappa shape index (κ1) is 16.0. The number of carbonyl (C=O) groups excluding carboxylic acids is 3. The number of likely N-dealkylation sites (tertiary alicyclic amines) is 1. The Morgan fingerprint density at radius 3 is 2.41 bits per heavy atom. The van der Waals surface area contributed by atoms with Crippen molar-refractivity contribution in [3.05, 3.63) is 24.3 Å². The molecule has 1 aliphatic heterocycles. The second-order valence-corrected chi connectivity index (χ2v) is 4.90. The Bertz CT molecular complexity index is 540. The lowest BCUT2D eigenvalue weighted by Gasteiger charge is -2.13. The third-order valence-electron chi connectivity index (χ3n) is 3.24. The molecule has 0 bridgehead atoms. The second kappa shape index (κ2) is 7.56. The maximum atomic E-state index is 11.8. The molecule has 3 amide bonds. The quantitative estimate of drug-likeness (QED) is 0.714. The van der Waals surface area contributed by atoms with Crippen LogP contribution in [0, 0.1) is 0 Å². The maximum absolute atomic E-state index is 11.8. The minimum atomic E-state index is -0.247. The number of benzene rings is 1. The molecule has 1 aliphatic rings.